The van der Waals surface area contributed by atoms with Gasteiger partial charge in [-0.05, 0) is 24.1 Å². The Bertz CT molecular complexity index is 1040. The van der Waals surface area contributed by atoms with Crippen LogP contribution in [0.2, 0.25) is 0 Å². The molecule has 2 heterocycles. The second-order valence-corrected chi connectivity index (χ2v) is 6.70. The summed E-state index contributed by atoms with van der Waals surface area (Å²) in [5.41, 5.74) is 5.11. The summed E-state index contributed by atoms with van der Waals surface area (Å²) < 4.78 is 32.4. The maximum absolute atomic E-state index is 8.83. The number of rotatable bonds is 1. The van der Waals surface area contributed by atoms with E-state index in [-0.39, 0.29) is 0 Å². The molecule has 0 bridgehead atoms. The number of hydrogen-bond acceptors (Lipinski definition) is 4. The Morgan fingerprint density at radius 1 is 0.808 bits per heavy atom. The number of pyridine rings is 2. The standard InChI is InChI=1S/C20H16N.ClH3O4/c1-15-8-7-11-17-18(15)14-21-13-6-5-12-19(21)20(17)16-9-3-2-4-10-16;2-1(3,4)5/h2-14H,1H3;2-4H/q+1;. The molecule has 0 saturated carbocycles. The quantitative estimate of drug-likeness (QED) is 0.350. The third kappa shape index (κ3) is 4.16. The van der Waals surface area contributed by atoms with E-state index < -0.39 is 10.2 Å². The Labute approximate surface area is 152 Å². The van der Waals surface area contributed by atoms with Crippen molar-refractivity contribution in [3.63, 3.8) is 0 Å². The number of halogens is 1. The molecule has 0 atom stereocenters. The summed E-state index contributed by atoms with van der Waals surface area (Å²) in [6.07, 6.45) is 4.35. The van der Waals surface area contributed by atoms with Crippen LogP contribution < -0.4 is 9.06 Å². The van der Waals surface area contributed by atoms with E-state index in [1.54, 1.807) is 0 Å². The van der Waals surface area contributed by atoms with Gasteiger partial charge in [-0.1, -0.05) is 48.5 Å². The van der Waals surface area contributed by atoms with Crippen molar-refractivity contribution in [2.45, 2.75) is 6.92 Å². The third-order valence-electron chi connectivity index (χ3n) is 4.07. The van der Waals surface area contributed by atoms with Gasteiger partial charge in [0.05, 0.1) is 5.56 Å². The molecule has 0 unspecified atom stereocenters. The van der Waals surface area contributed by atoms with E-state index in [4.69, 9.17) is 18.6 Å². The van der Waals surface area contributed by atoms with Gasteiger partial charge in [0.15, 0.2) is 12.4 Å². The van der Waals surface area contributed by atoms with Crippen LogP contribution in [0.15, 0.2) is 79.1 Å². The summed E-state index contributed by atoms with van der Waals surface area (Å²) in [4.78, 5) is 0. The topological polar surface area (TPSA) is 87.9 Å². The van der Waals surface area contributed by atoms with E-state index in [0.717, 1.165) is 0 Å². The van der Waals surface area contributed by atoms with Crippen LogP contribution in [0, 0.1) is 17.2 Å². The van der Waals surface area contributed by atoms with Gasteiger partial charge in [-0.3, -0.25) is 0 Å². The number of fused-ring (bicyclic) bond motifs is 2. The van der Waals surface area contributed by atoms with Crippen LogP contribution in [-0.4, -0.2) is 14.0 Å². The van der Waals surface area contributed by atoms with E-state index in [9.17, 15) is 0 Å². The summed E-state index contributed by atoms with van der Waals surface area (Å²) in [6, 6.07) is 23.5. The zero-order chi connectivity index (χ0) is 18.7. The van der Waals surface area contributed by atoms with E-state index in [1.165, 1.54) is 33.0 Å². The van der Waals surface area contributed by atoms with E-state index >= 15 is 0 Å². The molecular formula is C20H19ClNO4+. The molecule has 0 aliphatic heterocycles. The summed E-state index contributed by atoms with van der Waals surface area (Å²) in [5, 5.41) is 2.62. The predicted molar refractivity (Wildman–Crippen MR) is 93.9 cm³/mol. The zero-order valence-electron chi connectivity index (χ0n) is 14.1. The molecule has 0 aliphatic rings. The Balaban J connectivity index is 0.000000349. The zero-order valence-corrected chi connectivity index (χ0v) is 14.8. The number of nitrogens with zero attached hydrogens (tertiary/aromatic N) is 1. The van der Waals surface area contributed by atoms with Crippen LogP contribution in [0.1, 0.15) is 5.56 Å². The molecule has 2 aromatic heterocycles. The van der Waals surface area contributed by atoms with Crippen LogP contribution in [0.4, 0.5) is 0 Å². The van der Waals surface area contributed by atoms with Gasteiger partial charge in [-0.15, -0.1) is 0 Å². The molecule has 4 rings (SSSR count). The minimum absolute atomic E-state index is 1.24. The molecule has 6 heteroatoms. The normalized spacial score (nSPS) is 11.9. The third-order valence-corrected chi connectivity index (χ3v) is 4.07. The van der Waals surface area contributed by atoms with Crippen molar-refractivity contribution in [1.29, 1.82) is 0 Å². The second kappa shape index (κ2) is 7.37. The van der Waals surface area contributed by atoms with Crippen LogP contribution >= 0.6 is 0 Å². The first-order valence-electron chi connectivity index (χ1n) is 7.88. The second-order valence-electron chi connectivity index (χ2n) is 5.83. The Hall–Kier alpha value is -2.54. The molecule has 3 N–H and O–H groups in total. The van der Waals surface area contributed by atoms with Gasteiger partial charge < -0.3 is 0 Å². The number of hydrogen-bond donors (Lipinski definition) is 3. The predicted octanol–water partition coefficient (Wildman–Crippen LogP) is 1.69. The van der Waals surface area contributed by atoms with E-state index in [2.05, 4.69) is 90.4 Å². The fraction of sp³-hybridized carbons (Fsp3) is 0.0500. The van der Waals surface area contributed by atoms with E-state index in [0.29, 0.717) is 0 Å². The molecule has 2 aromatic carbocycles. The van der Waals surface area contributed by atoms with Gasteiger partial charge in [0.1, 0.15) is 0 Å². The molecule has 26 heavy (non-hydrogen) atoms. The van der Waals surface area contributed by atoms with Crippen LogP contribution in [0.5, 0.6) is 0 Å². The Kier molecular flexibility index (Phi) is 5.18. The molecule has 5 nitrogen and oxygen atoms in total. The monoisotopic (exact) mass is 372 g/mol. The van der Waals surface area contributed by atoms with Crippen molar-refractivity contribution >= 4 is 16.3 Å². The van der Waals surface area contributed by atoms with Crippen molar-refractivity contribution < 1.29 is 33.3 Å². The number of aryl methyl sites for hydroxylation is 1. The van der Waals surface area contributed by atoms with Crippen molar-refractivity contribution in [2.24, 2.45) is 0 Å². The minimum atomic E-state index is -4.19. The van der Waals surface area contributed by atoms with Crippen molar-refractivity contribution in [1.82, 2.24) is 0 Å². The molecule has 4 aromatic rings. The molecule has 0 saturated heterocycles. The summed E-state index contributed by atoms with van der Waals surface area (Å²) in [7, 11) is -4.19. The molecule has 134 valence electrons. The van der Waals surface area contributed by atoms with Gasteiger partial charge in [0.2, 0.25) is 5.52 Å². The first-order valence-corrected chi connectivity index (χ1v) is 9.21. The Morgan fingerprint density at radius 2 is 1.46 bits per heavy atom. The van der Waals surface area contributed by atoms with Gasteiger partial charge in [-0.25, -0.2) is 0 Å². The van der Waals surface area contributed by atoms with Gasteiger partial charge in [0, 0.05) is 22.9 Å². The van der Waals surface area contributed by atoms with Gasteiger partial charge in [-0.2, -0.15) is 4.40 Å². The summed E-state index contributed by atoms with van der Waals surface area (Å²) in [5.74, 6) is 0. The van der Waals surface area contributed by atoms with Crippen molar-refractivity contribution in [3.05, 3.63) is 84.7 Å². The van der Waals surface area contributed by atoms with Crippen LogP contribution in [-0.2, 0) is 0 Å². The fourth-order valence-corrected chi connectivity index (χ4v) is 3.04. The maximum atomic E-state index is 8.83. The molecule has 0 amide bonds. The fourth-order valence-electron chi connectivity index (χ4n) is 3.04. The van der Waals surface area contributed by atoms with Crippen LogP contribution in [0.25, 0.3) is 27.4 Å². The summed E-state index contributed by atoms with van der Waals surface area (Å²) >= 11 is 0. The molecular weight excluding hydrogens is 354 g/mol. The Morgan fingerprint density at radius 3 is 2.15 bits per heavy atom. The number of aromatic nitrogens is 1. The summed E-state index contributed by atoms with van der Waals surface area (Å²) in [6.45, 7) is 2.17. The van der Waals surface area contributed by atoms with Gasteiger partial charge >= 0.3 is 28.9 Å². The first kappa shape index (κ1) is 18.3. The van der Waals surface area contributed by atoms with Crippen molar-refractivity contribution in [3.8, 4) is 11.1 Å². The van der Waals surface area contributed by atoms with Gasteiger partial charge in [0.25, 0.3) is 0 Å². The molecule has 0 fully saturated rings. The first-order chi connectivity index (χ1) is 12.3. The van der Waals surface area contributed by atoms with Crippen LogP contribution in [0.3, 0.4) is 0 Å². The average Bonchev–Trinajstić information content (AvgIpc) is 2.60. The average molecular weight is 373 g/mol. The molecule has 0 radical (unpaired) electrons. The number of benzene rings is 2. The SMILES string of the molecule is Cc1cccc2c(-c3ccccc3)c3cccc[n+]3cc12.[O-][Cl+](O)(O)O. The molecule has 0 aliphatic carbocycles. The molecule has 0 spiro atoms. The van der Waals surface area contributed by atoms with Crippen molar-refractivity contribution in [2.75, 3.05) is 0 Å². The van der Waals surface area contributed by atoms with E-state index in [1.807, 2.05) is 0 Å².